The van der Waals surface area contributed by atoms with Gasteiger partial charge in [0, 0.05) is 22.7 Å². The van der Waals surface area contributed by atoms with Crippen LogP contribution in [0.25, 0.3) is 0 Å². The largest absolute Gasteiger partial charge is 0.368 e. The Morgan fingerprint density at radius 2 is 2.31 bits per heavy atom. The number of rotatable bonds is 3. The number of aryl methyl sites for hydroxylation is 1. The lowest BCUT2D eigenvalue weighted by atomic mass is 10.1. The van der Waals surface area contributed by atoms with Gasteiger partial charge in [0.2, 0.25) is 0 Å². The summed E-state index contributed by atoms with van der Waals surface area (Å²) in [7, 11) is 0. The van der Waals surface area contributed by atoms with E-state index in [-0.39, 0.29) is 0 Å². The first kappa shape index (κ1) is 11.9. The molecule has 1 aliphatic rings. The molecule has 1 unspecified atom stereocenters. The van der Waals surface area contributed by atoms with Crippen LogP contribution >= 0.6 is 15.9 Å². The van der Waals surface area contributed by atoms with Gasteiger partial charge in [-0.05, 0) is 56.5 Å². The van der Waals surface area contributed by atoms with Crippen LogP contribution in [0.5, 0.6) is 0 Å². The highest BCUT2D eigenvalue weighted by Crippen LogP contribution is 2.29. The molecule has 0 saturated carbocycles. The third kappa shape index (κ3) is 2.41. The van der Waals surface area contributed by atoms with Crippen molar-refractivity contribution < 1.29 is 0 Å². The van der Waals surface area contributed by atoms with Crippen LogP contribution in [-0.4, -0.2) is 19.1 Å². The molecule has 0 aliphatic carbocycles. The van der Waals surface area contributed by atoms with Gasteiger partial charge < -0.3 is 10.6 Å². The third-order valence-electron chi connectivity index (χ3n) is 3.35. The zero-order valence-corrected chi connectivity index (χ0v) is 11.3. The molecule has 0 amide bonds. The van der Waals surface area contributed by atoms with E-state index in [1.807, 2.05) is 0 Å². The Bertz CT molecular complexity index is 365. The molecule has 2 nitrogen and oxygen atoms in total. The summed E-state index contributed by atoms with van der Waals surface area (Å²) in [6, 6.07) is 7.25. The lowest BCUT2D eigenvalue weighted by molar-refractivity contribution is 0.618. The second kappa shape index (κ2) is 5.19. The summed E-state index contributed by atoms with van der Waals surface area (Å²) in [5.41, 5.74) is 8.31. The maximum absolute atomic E-state index is 5.67. The summed E-state index contributed by atoms with van der Waals surface area (Å²) in [6.45, 7) is 4.10. The molecule has 2 N–H and O–H groups in total. The molecule has 1 heterocycles. The van der Waals surface area contributed by atoms with Crippen LogP contribution in [0.15, 0.2) is 22.7 Å². The first-order valence-corrected chi connectivity index (χ1v) is 6.74. The Hall–Kier alpha value is -0.540. The second-order valence-corrected chi connectivity index (χ2v) is 5.35. The quantitative estimate of drug-likeness (QED) is 0.923. The first-order chi connectivity index (χ1) is 7.72. The van der Waals surface area contributed by atoms with E-state index in [4.69, 9.17) is 5.73 Å². The molecule has 1 saturated heterocycles. The minimum atomic E-state index is 0.644. The summed E-state index contributed by atoms with van der Waals surface area (Å²) in [4.78, 5) is 2.51. The minimum absolute atomic E-state index is 0.644. The van der Waals surface area contributed by atoms with Crippen molar-refractivity contribution in [2.24, 2.45) is 5.73 Å². The molecule has 0 aromatic heterocycles. The number of nitrogens with two attached hydrogens (primary N) is 1. The standard InChI is InChI=1S/C13H19BrN2/c1-10-9-12(4-5-13(10)14)16-8-2-3-11(16)6-7-15/h4-5,9,11H,2-3,6-8,15H2,1H3. The molecule has 1 aliphatic heterocycles. The zero-order valence-electron chi connectivity index (χ0n) is 9.75. The van der Waals surface area contributed by atoms with Gasteiger partial charge >= 0.3 is 0 Å². The maximum atomic E-state index is 5.67. The lowest BCUT2D eigenvalue weighted by Crippen LogP contribution is -2.31. The van der Waals surface area contributed by atoms with Gasteiger partial charge in [-0.15, -0.1) is 0 Å². The molecule has 0 radical (unpaired) electrons. The molecular weight excluding hydrogens is 264 g/mol. The van der Waals surface area contributed by atoms with Gasteiger partial charge in [-0.2, -0.15) is 0 Å². The fraction of sp³-hybridized carbons (Fsp3) is 0.538. The average molecular weight is 283 g/mol. The minimum Gasteiger partial charge on any atom is -0.368 e. The lowest BCUT2D eigenvalue weighted by Gasteiger charge is -2.27. The first-order valence-electron chi connectivity index (χ1n) is 5.95. The van der Waals surface area contributed by atoms with Crippen LogP contribution in [0.3, 0.4) is 0 Å². The summed E-state index contributed by atoms with van der Waals surface area (Å²) in [5, 5.41) is 0. The van der Waals surface area contributed by atoms with Gasteiger partial charge in [-0.3, -0.25) is 0 Å². The van der Waals surface area contributed by atoms with Crippen molar-refractivity contribution in [3.8, 4) is 0 Å². The fourth-order valence-electron chi connectivity index (χ4n) is 2.48. The Morgan fingerprint density at radius 3 is 3.00 bits per heavy atom. The van der Waals surface area contributed by atoms with Gasteiger partial charge in [0.25, 0.3) is 0 Å². The Morgan fingerprint density at radius 1 is 1.50 bits per heavy atom. The summed E-state index contributed by atoms with van der Waals surface area (Å²) < 4.78 is 1.19. The topological polar surface area (TPSA) is 29.3 Å². The van der Waals surface area contributed by atoms with Crippen LogP contribution in [0.2, 0.25) is 0 Å². The van der Waals surface area contributed by atoms with Crippen molar-refractivity contribution in [3.63, 3.8) is 0 Å². The van der Waals surface area contributed by atoms with Crippen molar-refractivity contribution in [1.82, 2.24) is 0 Å². The molecule has 88 valence electrons. The molecule has 1 aromatic carbocycles. The van der Waals surface area contributed by atoms with Crippen LogP contribution in [0.4, 0.5) is 5.69 Å². The van der Waals surface area contributed by atoms with Crippen molar-refractivity contribution >= 4 is 21.6 Å². The van der Waals surface area contributed by atoms with E-state index >= 15 is 0 Å². The number of hydrogen-bond acceptors (Lipinski definition) is 2. The summed E-state index contributed by atoms with van der Waals surface area (Å²) in [6.07, 6.45) is 3.68. The molecule has 0 bridgehead atoms. The maximum Gasteiger partial charge on any atom is 0.0372 e. The van der Waals surface area contributed by atoms with Gasteiger partial charge in [0.15, 0.2) is 0 Å². The van der Waals surface area contributed by atoms with Crippen molar-refractivity contribution in [2.75, 3.05) is 18.0 Å². The molecule has 1 fully saturated rings. The third-order valence-corrected chi connectivity index (χ3v) is 4.24. The van der Waals surface area contributed by atoms with Crippen molar-refractivity contribution in [2.45, 2.75) is 32.2 Å². The normalized spacial score (nSPS) is 20.4. The average Bonchev–Trinajstić information content (AvgIpc) is 2.71. The van der Waals surface area contributed by atoms with E-state index in [1.54, 1.807) is 0 Å². The van der Waals surface area contributed by atoms with Crippen LogP contribution < -0.4 is 10.6 Å². The smallest absolute Gasteiger partial charge is 0.0372 e. The second-order valence-electron chi connectivity index (χ2n) is 4.50. The number of halogens is 1. The van der Waals surface area contributed by atoms with E-state index in [2.05, 4.69) is 46.0 Å². The van der Waals surface area contributed by atoms with Gasteiger partial charge in [-0.1, -0.05) is 15.9 Å². The van der Waals surface area contributed by atoms with Gasteiger partial charge in [-0.25, -0.2) is 0 Å². The molecule has 0 spiro atoms. The molecule has 16 heavy (non-hydrogen) atoms. The molecular formula is C13H19BrN2. The highest BCUT2D eigenvalue weighted by atomic mass is 79.9. The predicted octanol–water partition coefficient (Wildman–Crippen LogP) is 3.08. The zero-order chi connectivity index (χ0) is 11.5. The molecule has 3 heteroatoms. The summed E-state index contributed by atoms with van der Waals surface area (Å²) >= 11 is 3.55. The summed E-state index contributed by atoms with van der Waals surface area (Å²) in [5.74, 6) is 0. The fourth-order valence-corrected chi connectivity index (χ4v) is 2.72. The number of benzene rings is 1. The van der Waals surface area contributed by atoms with Crippen LogP contribution in [-0.2, 0) is 0 Å². The Balaban J connectivity index is 2.19. The van der Waals surface area contributed by atoms with E-state index < -0.39 is 0 Å². The highest BCUT2D eigenvalue weighted by molar-refractivity contribution is 9.10. The molecule has 2 rings (SSSR count). The number of nitrogens with zero attached hydrogens (tertiary/aromatic N) is 1. The van der Waals surface area contributed by atoms with Crippen LogP contribution in [0.1, 0.15) is 24.8 Å². The van der Waals surface area contributed by atoms with Gasteiger partial charge in [0.1, 0.15) is 0 Å². The van der Waals surface area contributed by atoms with E-state index in [0.29, 0.717) is 6.04 Å². The SMILES string of the molecule is Cc1cc(N2CCCC2CCN)ccc1Br. The Labute approximate surface area is 106 Å². The van der Waals surface area contributed by atoms with E-state index in [9.17, 15) is 0 Å². The van der Waals surface area contributed by atoms with E-state index in [0.717, 1.165) is 13.0 Å². The van der Waals surface area contributed by atoms with Crippen molar-refractivity contribution in [3.05, 3.63) is 28.2 Å². The molecule has 1 aromatic rings. The predicted molar refractivity (Wildman–Crippen MR) is 72.9 cm³/mol. The van der Waals surface area contributed by atoms with E-state index in [1.165, 1.54) is 35.1 Å². The number of hydrogen-bond donors (Lipinski definition) is 1. The van der Waals surface area contributed by atoms with Gasteiger partial charge in [0.05, 0.1) is 0 Å². The highest BCUT2D eigenvalue weighted by Gasteiger charge is 2.23. The monoisotopic (exact) mass is 282 g/mol. The Kier molecular flexibility index (Phi) is 3.87. The van der Waals surface area contributed by atoms with Crippen LogP contribution in [0, 0.1) is 6.92 Å². The van der Waals surface area contributed by atoms with Crippen molar-refractivity contribution in [1.29, 1.82) is 0 Å². The number of anilines is 1. The molecule has 1 atom stereocenters.